The maximum absolute atomic E-state index is 12.0. The molecule has 0 aliphatic carbocycles. The molecule has 1 saturated heterocycles. The summed E-state index contributed by atoms with van der Waals surface area (Å²) in [6, 6.07) is 9.98. The zero-order valence-electron chi connectivity index (χ0n) is 15.1. The Morgan fingerprint density at radius 3 is 2.67 bits per heavy atom. The standard InChI is InChI=1S/C18H22N6O2S.2H2/c1-2-27(25,26)24-9-7-23(8-10-24)16-12-20-18(19)17(22-16)15-11-13-5-3-4-6-14(13)21-15;;/h3-6,11-12,21H,2,7-10H2,1H3,(H2,19,20);2*1H. The molecule has 3 aromatic rings. The fourth-order valence-electron chi connectivity index (χ4n) is 3.32. The molecule has 8 nitrogen and oxygen atoms in total. The average molecular weight is 391 g/mol. The van der Waals surface area contributed by atoms with Crippen LogP contribution in [0.4, 0.5) is 11.6 Å². The maximum atomic E-state index is 12.0. The number of benzene rings is 1. The molecule has 4 rings (SSSR count). The smallest absolute Gasteiger partial charge is 0.213 e. The van der Waals surface area contributed by atoms with Gasteiger partial charge in [-0.05, 0) is 19.1 Å². The molecule has 3 N–H and O–H groups in total. The number of anilines is 2. The van der Waals surface area contributed by atoms with Gasteiger partial charge in [-0.3, -0.25) is 0 Å². The van der Waals surface area contributed by atoms with Crippen molar-refractivity contribution in [1.82, 2.24) is 19.3 Å². The highest BCUT2D eigenvalue weighted by Gasteiger charge is 2.26. The van der Waals surface area contributed by atoms with Gasteiger partial charge in [0.25, 0.3) is 0 Å². The third-order valence-electron chi connectivity index (χ3n) is 4.89. The van der Waals surface area contributed by atoms with Crippen molar-refractivity contribution in [3.05, 3.63) is 36.5 Å². The normalized spacial score (nSPS) is 16.1. The van der Waals surface area contributed by atoms with Gasteiger partial charge < -0.3 is 15.6 Å². The summed E-state index contributed by atoms with van der Waals surface area (Å²) in [7, 11) is -3.15. The fourth-order valence-corrected chi connectivity index (χ4v) is 4.40. The van der Waals surface area contributed by atoms with Crippen molar-refractivity contribution in [3.63, 3.8) is 0 Å². The Balaban J connectivity index is 0.00000150. The molecule has 0 saturated carbocycles. The van der Waals surface area contributed by atoms with Crippen molar-refractivity contribution in [3.8, 4) is 11.4 Å². The molecule has 0 amide bonds. The highest BCUT2D eigenvalue weighted by molar-refractivity contribution is 7.89. The van der Waals surface area contributed by atoms with E-state index in [-0.39, 0.29) is 8.61 Å². The number of nitrogen functional groups attached to an aromatic ring is 1. The molecule has 146 valence electrons. The summed E-state index contributed by atoms with van der Waals surface area (Å²) in [5.74, 6) is 1.18. The van der Waals surface area contributed by atoms with Crippen LogP contribution in [0.5, 0.6) is 0 Å². The largest absolute Gasteiger partial charge is 0.382 e. The van der Waals surface area contributed by atoms with Crippen LogP contribution in [0.25, 0.3) is 22.3 Å². The number of piperazine rings is 1. The summed E-state index contributed by atoms with van der Waals surface area (Å²) in [4.78, 5) is 14.4. The van der Waals surface area contributed by atoms with E-state index in [1.165, 1.54) is 4.31 Å². The minimum atomic E-state index is -3.15. The Kier molecular flexibility index (Phi) is 4.48. The summed E-state index contributed by atoms with van der Waals surface area (Å²) in [5.41, 5.74) is 8.50. The molecule has 0 spiro atoms. The average Bonchev–Trinajstić information content (AvgIpc) is 3.12. The number of para-hydroxylation sites is 1. The van der Waals surface area contributed by atoms with Gasteiger partial charge in [0.1, 0.15) is 11.5 Å². The molecule has 0 bridgehead atoms. The minimum absolute atomic E-state index is 0. The third kappa shape index (κ3) is 3.35. The number of nitrogens with zero attached hydrogens (tertiary/aromatic N) is 4. The maximum Gasteiger partial charge on any atom is 0.213 e. The Hall–Kier alpha value is -2.65. The Bertz CT molecular complexity index is 1050. The number of hydrogen-bond donors (Lipinski definition) is 2. The quantitative estimate of drug-likeness (QED) is 0.707. The van der Waals surface area contributed by atoms with Crippen molar-refractivity contribution in [1.29, 1.82) is 0 Å². The van der Waals surface area contributed by atoms with Crippen molar-refractivity contribution in [2.45, 2.75) is 6.92 Å². The lowest BCUT2D eigenvalue weighted by Crippen LogP contribution is -2.49. The van der Waals surface area contributed by atoms with E-state index in [4.69, 9.17) is 10.7 Å². The SMILES string of the molecule is CCS(=O)(=O)N1CCN(c2cnc(N)c(-c3cc4ccccc4[nH]3)n2)CC1.[HH].[HH]. The van der Waals surface area contributed by atoms with Gasteiger partial charge in [0.05, 0.1) is 17.6 Å². The zero-order valence-corrected chi connectivity index (χ0v) is 15.9. The number of hydrogen-bond acceptors (Lipinski definition) is 6. The van der Waals surface area contributed by atoms with Crippen LogP contribution in [0.15, 0.2) is 36.5 Å². The van der Waals surface area contributed by atoms with Crippen molar-refractivity contribution < 1.29 is 11.3 Å². The first-order chi connectivity index (χ1) is 13.0. The number of sulfonamides is 1. The summed E-state index contributed by atoms with van der Waals surface area (Å²) < 4.78 is 25.6. The number of aromatic amines is 1. The first-order valence-electron chi connectivity index (χ1n) is 8.91. The summed E-state index contributed by atoms with van der Waals surface area (Å²) in [5, 5.41) is 1.08. The molecule has 0 radical (unpaired) electrons. The van der Waals surface area contributed by atoms with Crippen LogP contribution in [0, 0.1) is 0 Å². The van der Waals surface area contributed by atoms with Gasteiger partial charge >= 0.3 is 0 Å². The summed E-state index contributed by atoms with van der Waals surface area (Å²) >= 11 is 0. The minimum Gasteiger partial charge on any atom is -0.382 e. The van der Waals surface area contributed by atoms with Gasteiger partial charge in [-0.1, -0.05) is 18.2 Å². The zero-order chi connectivity index (χ0) is 19.0. The predicted molar refractivity (Wildman–Crippen MR) is 111 cm³/mol. The van der Waals surface area contributed by atoms with E-state index in [0.717, 1.165) is 16.6 Å². The number of fused-ring (bicyclic) bond motifs is 1. The van der Waals surface area contributed by atoms with E-state index in [9.17, 15) is 8.42 Å². The molecular formula is C18H26N6O2S. The van der Waals surface area contributed by atoms with E-state index in [0.29, 0.717) is 43.5 Å². The predicted octanol–water partition coefficient (Wildman–Crippen LogP) is 2.17. The Morgan fingerprint density at radius 1 is 1.22 bits per heavy atom. The van der Waals surface area contributed by atoms with Crippen LogP contribution in [-0.2, 0) is 10.0 Å². The molecule has 1 fully saturated rings. The highest BCUT2D eigenvalue weighted by atomic mass is 32.2. The topological polar surface area (TPSA) is 108 Å². The molecule has 0 atom stereocenters. The second-order valence-corrected chi connectivity index (χ2v) is 8.78. The lowest BCUT2D eigenvalue weighted by atomic mass is 10.2. The second kappa shape index (κ2) is 6.82. The van der Waals surface area contributed by atoms with Crippen LogP contribution >= 0.6 is 0 Å². The molecular weight excluding hydrogens is 364 g/mol. The number of nitrogens with one attached hydrogen (secondary N) is 1. The van der Waals surface area contributed by atoms with E-state index >= 15 is 0 Å². The van der Waals surface area contributed by atoms with Crippen LogP contribution in [0.3, 0.4) is 0 Å². The molecule has 2 aromatic heterocycles. The second-order valence-electron chi connectivity index (χ2n) is 6.52. The number of rotatable bonds is 4. The van der Waals surface area contributed by atoms with Crippen molar-refractivity contribution in [2.24, 2.45) is 0 Å². The van der Waals surface area contributed by atoms with Gasteiger partial charge in [-0.2, -0.15) is 4.31 Å². The lowest BCUT2D eigenvalue weighted by molar-refractivity contribution is 0.384. The molecule has 9 heteroatoms. The van der Waals surface area contributed by atoms with Gasteiger partial charge in [0, 0.05) is 39.9 Å². The summed E-state index contributed by atoms with van der Waals surface area (Å²) in [6.45, 7) is 3.71. The number of H-pyrrole nitrogens is 1. The molecule has 27 heavy (non-hydrogen) atoms. The summed E-state index contributed by atoms with van der Waals surface area (Å²) in [6.07, 6.45) is 1.64. The van der Waals surface area contributed by atoms with Crippen LogP contribution in [0.1, 0.15) is 9.78 Å². The molecule has 3 heterocycles. The van der Waals surface area contributed by atoms with Gasteiger partial charge in [0.2, 0.25) is 10.0 Å². The molecule has 1 aromatic carbocycles. The Morgan fingerprint density at radius 2 is 1.96 bits per heavy atom. The van der Waals surface area contributed by atoms with Crippen molar-refractivity contribution in [2.75, 3.05) is 42.6 Å². The number of aromatic nitrogens is 3. The highest BCUT2D eigenvalue weighted by Crippen LogP contribution is 2.28. The van der Waals surface area contributed by atoms with Crippen LogP contribution in [-0.4, -0.2) is 59.6 Å². The van der Waals surface area contributed by atoms with Gasteiger partial charge in [-0.25, -0.2) is 18.4 Å². The van der Waals surface area contributed by atoms with Crippen LogP contribution < -0.4 is 10.6 Å². The Labute approximate surface area is 161 Å². The van der Waals surface area contributed by atoms with E-state index in [1.54, 1.807) is 13.1 Å². The van der Waals surface area contributed by atoms with E-state index in [2.05, 4.69) is 9.97 Å². The first-order valence-corrected chi connectivity index (χ1v) is 10.5. The first kappa shape index (κ1) is 17.7. The van der Waals surface area contributed by atoms with Gasteiger partial charge in [0.15, 0.2) is 5.82 Å². The third-order valence-corrected chi connectivity index (χ3v) is 6.78. The van der Waals surface area contributed by atoms with Crippen molar-refractivity contribution >= 4 is 32.6 Å². The lowest BCUT2D eigenvalue weighted by Gasteiger charge is -2.34. The van der Waals surface area contributed by atoms with Gasteiger partial charge in [-0.15, -0.1) is 0 Å². The van der Waals surface area contributed by atoms with E-state index in [1.807, 2.05) is 35.2 Å². The molecule has 0 unspecified atom stereocenters. The van der Waals surface area contributed by atoms with E-state index < -0.39 is 10.0 Å². The molecule has 1 aliphatic heterocycles. The number of nitrogens with two attached hydrogens (primary N) is 1. The fraction of sp³-hybridized carbons (Fsp3) is 0.333. The van der Waals surface area contributed by atoms with Crippen LogP contribution in [0.2, 0.25) is 0 Å². The molecule has 1 aliphatic rings. The monoisotopic (exact) mass is 390 g/mol.